The summed E-state index contributed by atoms with van der Waals surface area (Å²) < 4.78 is 39.8. The fourth-order valence-corrected chi connectivity index (χ4v) is 4.23. The van der Waals surface area contributed by atoms with E-state index in [0.717, 1.165) is 41.9 Å². The van der Waals surface area contributed by atoms with Gasteiger partial charge in [-0.3, -0.25) is 9.59 Å². The van der Waals surface area contributed by atoms with Gasteiger partial charge in [-0.05, 0) is 55.3 Å². The third-order valence-corrected chi connectivity index (χ3v) is 6.19. The Balaban J connectivity index is 1.54. The van der Waals surface area contributed by atoms with Crippen molar-refractivity contribution < 1.29 is 22.4 Å². The lowest BCUT2D eigenvalue weighted by molar-refractivity contribution is -0.122. The number of amides is 2. The first-order valence-corrected chi connectivity index (χ1v) is 10.7. The molecule has 29 heavy (non-hydrogen) atoms. The lowest BCUT2D eigenvalue weighted by Crippen LogP contribution is -2.44. The second-order valence-corrected chi connectivity index (χ2v) is 8.54. The van der Waals surface area contributed by atoms with Crippen LogP contribution in [0.1, 0.15) is 25.3 Å². The summed E-state index contributed by atoms with van der Waals surface area (Å²) in [5.74, 6) is -0.933. The standard InChI is InChI=1S/C20H22FN3O4S/c1-14(23-29(27,28)18-10-6-16(21)7-11-18)20(26)22-13-15-4-8-17(9-5-15)24-12-2-3-19(24)25/h4-11,14,23H,2-3,12-13H2,1H3,(H,22,26). The largest absolute Gasteiger partial charge is 0.351 e. The molecule has 154 valence electrons. The lowest BCUT2D eigenvalue weighted by Gasteiger charge is -2.17. The van der Waals surface area contributed by atoms with Crippen LogP contribution in [0.3, 0.4) is 0 Å². The first-order chi connectivity index (χ1) is 13.8. The summed E-state index contributed by atoms with van der Waals surface area (Å²) >= 11 is 0. The highest BCUT2D eigenvalue weighted by Crippen LogP contribution is 2.21. The molecule has 0 bridgehead atoms. The van der Waals surface area contributed by atoms with Crippen molar-refractivity contribution >= 4 is 27.5 Å². The van der Waals surface area contributed by atoms with Crippen molar-refractivity contribution in [1.29, 1.82) is 0 Å². The number of anilines is 1. The molecule has 1 heterocycles. The van der Waals surface area contributed by atoms with E-state index >= 15 is 0 Å². The monoisotopic (exact) mass is 419 g/mol. The van der Waals surface area contributed by atoms with Crippen molar-refractivity contribution in [3.05, 3.63) is 59.9 Å². The number of carbonyl (C=O) groups excluding carboxylic acids is 2. The summed E-state index contributed by atoms with van der Waals surface area (Å²) in [5, 5.41) is 2.67. The number of hydrogen-bond acceptors (Lipinski definition) is 4. The van der Waals surface area contributed by atoms with Crippen molar-refractivity contribution in [3.63, 3.8) is 0 Å². The average molecular weight is 419 g/mol. The maximum Gasteiger partial charge on any atom is 0.241 e. The average Bonchev–Trinajstić information content (AvgIpc) is 3.12. The van der Waals surface area contributed by atoms with Gasteiger partial charge in [0, 0.05) is 25.2 Å². The molecule has 1 aliphatic heterocycles. The Bertz CT molecular complexity index is 991. The van der Waals surface area contributed by atoms with Crippen molar-refractivity contribution in [2.75, 3.05) is 11.4 Å². The first kappa shape index (κ1) is 20.9. The van der Waals surface area contributed by atoms with E-state index in [2.05, 4.69) is 10.0 Å². The number of benzene rings is 2. The lowest BCUT2D eigenvalue weighted by atomic mass is 10.2. The zero-order valence-electron chi connectivity index (χ0n) is 15.9. The molecule has 2 amide bonds. The number of nitrogens with zero attached hydrogens (tertiary/aromatic N) is 1. The molecular formula is C20H22FN3O4S. The Hall–Kier alpha value is -2.78. The highest BCUT2D eigenvalue weighted by atomic mass is 32.2. The molecule has 0 radical (unpaired) electrons. The van der Waals surface area contributed by atoms with Crippen LogP contribution in [0.2, 0.25) is 0 Å². The normalized spacial score (nSPS) is 15.4. The van der Waals surface area contributed by atoms with E-state index in [9.17, 15) is 22.4 Å². The maximum absolute atomic E-state index is 13.0. The van der Waals surface area contributed by atoms with Gasteiger partial charge in [0.1, 0.15) is 5.82 Å². The Kier molecular flexibility index (Phi) is 6.29. The number of carbonyl (C=O) groups is 2. The molecule has 0 saturated carbocycles. The van der Waals surface area contributed by atoms with E-state index in [4.69, 9.17) is 0 Å². The number of rotatable bonds is 7. The topological polar surface area (TPSA) is 95.6 Å². The molecular weight excluding hydrogens is 397 g/mol. The summed E-state index contributed by atoms with van der Waals surface area (Å²) in [6.07, 6.45) is 1.41. The van der Waals surface area contributed by atoms with Crippen LogP contribution in [0, 0.1) is 5.82 Å². The molecule has 3 rings (SSSR count). The molecule has 1 fully saturated rings. The van der Waals surface area contributed by atoms with Gasteiger partial charge in [-0.15, -0.1) is 0 Å². The van der Waals surface area contributed by atoms with Crippen LogP contribution in [0.15, 0.2) is 53.4 Å². The molecule has 9 heteroatoms. The Morgan fingerprint density at radius 3 is 2.38 bits per heavy atom. The highest BCUT2D eigenvalue weighted by molar-refractivity contribution is 7.89. The summed E-state index contributed by atoms with van der Waals surface area (Å²) in [6, 6.07) is 10.6. The summed E-state index contributed by atoms with van der Waals surface area (Å²) in [6.45, 7) is 2.36. The summed E-state index contributed by atoms with van der Waals surface area (Å²) in [5.41, 5.74) is 1.64. The molecule has 2 aromatic carbocycles. The van der Waals surface area contributed by atoms with Crippen molar-refractivity contribution in [2.45, 2.75) is 37.2 Å². The molecule has 1 saturated heterocycles. The number of hydrogen-bond donors (Lipinski definition) is 2. The van der Waals surface area contributed by atoms with E-state index in [1.54, 1.807) is 4.90 Å². The Labute approximate surface area is 169 Å². The quantitative estimate of drug-likeness (QED) is 0.717. The number of sulfonamides is 1. The molecule has 0 aliphatic carbocycles. The van der Waals surface area contributed by atoms with Crippen molar-refractivity contribution in [1.82, 2.24) is 10.0 Å². The van der Waals surface area contributed by atoms with Gasteiger partial charge in [0.2, 0.25) is 21.8 Å². The van der Waals surface area contributed by atoms with Crippen LogP contribution in [0.5, 0.6) is 0 Å². The maximum atomic E-state index is 13.0. The summed E-state index contributed by atoms with van der Waals surface area (Å²) in [4.78, 5) is 25.6. The molecule has 1 aliphatic rings. The molecule has 1 unspecified atom stereocenters. The zero-order chi connectivity index (χ0) is 21.0. The zero-order valence-corrected chi connectivity index (χ0v) is 16.7. The number of halogens is 1. The van der Waals surface area contributed by atoms with Gasteiger partial charge >= 0.3 is 0 Å². The van der Waals surface area contributed by atoms with Crippen molar-refractivity contribution in [3.8, 4) is 0 Å². The van der Waals surface area contributed by atoms with E-state index < -0.39 is 27.8 Å². The van der Waals surface area contributed by atoms with Gasteiger partial charge in [0.15, 0.2) is 0 Å². The van der Waals surface area contributed by atoms with Gasteiger partial charge in [0.25, 0.3) is 0 Å². The first-order valence-electron chi connectivity index (χ1n) is 9.21. The molecule has 2 N–H and O–H groups in total. The predicted molar refractivity (Wildman–Crippen MR) is 106 cm³/mol. The molecule has 1 atom stereocenters. The van der Waals surface area contributed by atoms with Crippen LogP contribution in [0.25, 0.3) is 0 Å². The van der Waals surface area contributed by atoms with Crippen LogP contribution in [-0.4, -0.2) is 32.8 Å². The molecule has 0 aromatic heterocycles. The van der Waals surface area contributed by atoms with Crippen LogP contribution in [-0.2, 0) is 26.2 Å². The van der Waals surface area contributed by atoms with Gasteiger partial charge < -0.3 is 10.2 Å². The minimum absolute atomic E-state index is 0.105. The smallest absolute Gasteiger partial charge is 0.241 e. The Morgan fingerprint density at radius 2 is 1.79 bits per heavy atom. The van der Waals surface area contributed by atoms with E-state index in [-0.39, 0.29) is 17.3 Å². The Morgan fingerprint density at radius 1 is 1.14 bits per heavy atom. The molecule has 0 spiro atoms. The fourth-order valence-electron chi connectivity index (χ4n) is 3.03. The van der Waals surface area contributed by atoms with Gasteiger partial charge in [0.05, 0.1) is 10.9 Å². The highest BCUT2D eigenvalue weighted by Gasteiger charge is 2.23. The molecule has 7 nitrogen and oxygen atoms in total. The second kappa shape index (κ2) is 8.71. The van der Waals surface area contributed by atoms with Gasteiger partial charge in [-0.2, -0.15) is 4.72 Å². The minimum Gasteiger partial charge on any atom is -0.351 e. The van der Waals surface area contributed by atoms with Gasteiger partial charge in [-0.25, -0.2) is 12.8 Å². The minimum atomic E-state index is -3.94. The fraction of sp³-hybridized carbons (Fsp3) is 0.300. The summed E-state index contributed by atoms with van der Waals surface area (Å²) in [7, 11) is -3.94. The van der Waals surface area contributed by atoms with Crippen LogP contribution >= 0.6 is 0 Å². The van der Waals surface area contributed by atoms with E-state index in [1.807, 2.05) is 24.3 Å². The predicted octanol–water partition coefficient (Wildman–Crippen LogP) is 1.94. The molecule has 2 aromatic rings. The van der Waals surface area contributed by atoms with Crippen molar-refractivity contribution in [2.24, 2.45) is 0 Å². The SMILES string of the molecule is CC(NS(=O)(=O)c1ccc(F)cc1)C(=O)NCc1ccc(N2CCCC2=O)cc1. The third kappa shape index (κ3) is 5.18. The van der Waals surface area contributed by atoms with Crippen LogP contribution in [0.4, 0.5) is 10.1 Å². The number of nitrogens with one attached hydrogen (secondary N) is 2. The second-order valence-electron chi connectivity index (χ2n) is 6.83. The van der Waals surface area contributed by atoms with Gasteiger partial charge in [-0.1, -0.05) is 12.1 Å². The third-order valence-electron chi connectivity index (χ3n) is 4.64. The van der Waals surface area contributed by atoms with Crippen LogP contribution < -0.4 is 14.9 Å². The van der Waals surface area contributed by atoms with E-state index in [0.29, 0.717) is 13.0 Å². The van der Waals surface area contributed by atoms with E-state index in [1.165, 1.54) is 6.92 Å².